The zero-order valence-corrected chi connectivity index (χ0v) is 9.22. The van der Waals surface area contributed by atoms with E-state index in [1.165, 1.54) is 0 Å². The number of hydrogen-bond acceptors (Lipinski definition) is 2. The summed E-state index contributed by atoms with van der Waals surface area (Å²) in [6, 6.07) is 5.80. The molecule has 0 amide bonds. The van der Waals surface area contributed by atoms with E-state index in [4.69, 9.17) is 4.42 Å². The Kier molecular flexibility index (Phi) is 2.19. The summed E-state index contributed by atoms with van der Waals surface area (Å²) in [6.45, 7) is 0. The molecular weight excluding hydrogens is 286 g/mol. The number of benzene rings is 1. The van der Waals surface area contributed by atoms with Gasteiger partial charge in [0.1, 0.15) is 5.52 Å². The second-order valence-corrected chi connectivity index (χ2v) is 3.74. The van der Waals surface area contributed by atoms with Gasteiger partial charge in [0.25, 0.3) is 0 Å². The van der Waals surface area contributed by atoms with E-state index >= 15 is 0 Å². The topological polar surface area (TPSA) is 26.0 Å². The van der Waals surface area contributed by atoms with Crippen molar-refractivity contribution in [2.45, 2.75) is 5.33 Å². The summed E-state index contributed by atoms with van der Waals surface area (Å²) in [5.41, 5.74) is 1.70. The van der Waals surface area contributed by atoms with Crippen molar-refractivity contribution >= 4 is 43.0 Å². The van der Waals surface area contributed by atoms with Gasteiger partial charge in [-0.3, -0.25) is 0 Å². The molecule has 2 aromatic rings. The molecule has 0 aliphatic carbocycles. The number of aromatic nitrogens is 1. The minimum absolute atomic E-state index is 0.647. The summed E-state index contributed by atoms with van der Waals surface area (Å²) in [4.78, 5) is 4.25. The molecule has 1 heterocycles. The molecule has 0 N–H and O–H groups in total. The second-order valence-electron chi connectivity index (χ2n) is 2.33. The average Bonchev–Trinajstić information content (AvgIpc) is 2.49. The molecule has 0 fully saturated rings. The number of rotatable bonds is 1. The molecule has 1 aromatic heterocycles. The van der Waals surface area contributed by atoms with Crippen LogP contribution in [0.5, 0.6) is 0 Å². The molecule has 62 valence electrons. The fourth-order valence-electron chi connectivity index (χ4n) is 1.02. The molecule has 0 aliphatic heterocycles. The van der Waals surface area contributed by atoms with Gasteiger partial charge < -0.3 is 4.42 Å². The highest BCUT2D eigenvalue weighted by Gasteiger charge is 2.06. The smallest absolute Gasteiger partial charge is 0.206 e. The first kappa shape index (κ1) is 8.26. The molecule has 0 atom stereocenters. The SMILES string of the molecule is BrCc1nc2cccc(Br)c2o1. The lowest BCUT2D eigenvalue weighted by Crippen LogP contribution is -1.71. The monoisotopic (exact) mass is 289 g/mol. The van der Waals surface area contributed by atoms with Crippen LogP contribution in [0.3, 0.4) is 0 Å². The van der Waals surface area contributed by atoms with E-state index in [1.54, 1.807) is 0 Å². The van der Waals surface area contributed by atoms with Crippen molar-refractivity contribution in [3.8, 4) is 0 Å². The minimum Gasteiger partial charge on any atom is -0.439 e. The number of alkyl halides is 1. The molecule has 0 saturated carbocycles. The van der Waals surface area contributed by atoms with Crippen molar-refractivity contribution in [2.24, 2.45) is 0 Å². The van der Waals surface area contributed by atoms with Gasteiger partial charge in [-0.1, -0.05) is 22.0 Å². The predicted octanol–water partition coefficient (Wildman–Crippen LogP) is 3.49. The van der Waals surface area contributed by atoms with E-state index in [9.17, 15) is 0 Å². The molecule has 0 spiro atoms. The van der Waals surface area contributed by atoms with Gasteiger partial charge in [0.2, 0.25) is 5.89 Å². The molecule has 0 unspecified atom stereocenters. The summed E-state index contributed by atoms with van der Waals surface area (Å²) in [5.74, 6) is 0.705. The van der Waals surface area contributed by atoms with E-state index in [0.29, 0.717) is 11.2 Å². The lowest BCUT2D eigenvalue weighted by Gasteiger charge is -1.87. The Morgan fingerprint density at radius 1 is 1.42 bits per heavy atom. The maximum Gasteiger partial charge on any atom is 0.206 e. The van der Waals surface area contributed by atoms with E-state index in [1.807, 2.05) is 18.2 Å². The van der Waals surface area contributed by atoms with E-state index < -0.39 is 0 Å². The van der Waals surface area contributed by atoms with Crippen molar-refractivity contribution in [3.05, 3.63) is 28.6 Å². The zero-order chi connectivity index (χ0) is 8.55. The molecule has 0 saturated heterocycles. The van der Waals surface area contributed by atoms with Crippen LogP contribution in [0.25, 0.3) is 11.1 Å². The molecule has 2 rings (SSSR count). The third-order valence-electron chi connectivity index (χ3n) is 1.53. The Balaban J connectivity index is 2.74. The molecule has 0 aliphatic rings. The lowest BCUT2D eigenvalue weighted by atomic mass is 10.3. The zero-order valence-electron chi connectivity index (χ0n) is 6.05. The highest BCUT2D eigenvalue weighted by Crippen LogP contribution is 2.24. The average molecular weight is 291 g/mol. The Morgan fingerprint density at radius 3 is 2.92 bits per heavy atom. The van der Waals surface area contributed by atoms with Crippen molar-refractivity contribution in [1.29, 1.82) is 0 Å². The van der Waals surface area contributed by atoms with Crippen LogP contribution in [-0.2, 0) is 5.33 Å². The van der Waals surface area contributed by atoms with Gasteiger partial charge in [-0.2, -0.15) is 0 Å². The highest BCUT2D eigenvalue weighted by molar-refractivity contribution is 9.10. The van der Waals surface area contributed by atoms with E-state index in [-0.39, 0.29) is 0 Å². The standard InChI is InChI=1S/C8H5Br2NO/c9-4-7-11-6-3-1-2-5(10)8(6)12-7/h1-3H,4H2. The molecule has 4 heteroatoms. The Morgan fingerprint density at radius 2 is 2.25 bits per heavy atom. The van der Waals surface area contributed by atoms with Crippen molar-refractivity contribution < 1.29 is 4.42 Å². The van der Waals surface area contributed by atoms with Crippen molar-refractivity contribution in [2.75, 3.05) is 0 Å². The van der Waals surface area contributed by atoms with Gasteiger partial charge in [0.15, 0.2) is 5.58 Å². The van der Waals surface area contributed by atoms with Crippen LogP contribution in [0.1, 0.15) is 5.89 Å². The first-order valence-corrected chi connectivity index (χ1v) is 5.32. The molecule has 12 heavy (non-hydrogen) atoms. The largest absolute Gasteiger partial charge is 0.439 e. The van der Waals surface area contributed by atoms with Crippen LogP contribution < -0.4 is 0 Å². The Labute approximate surface area is 86.2 Å². The van der Waals surface area contributed by atoms with Gasteiger partial charge in [-0.25, -0.2) is 4.98 Å². The summed E-state index contributed by atoms with van der Waals surface area (Å²) in [6.07, 6.45) is 0. The maximum absolute atomic E-state index is 5.44. The summed E-state index contributed by atoms with van der Waals surface area (Å²) in [5, 5.41) is 0.647. The molecule has 1 aromatic carbocycles. The fraction of sp³-hybridized carbons (Fsp3) is 0.125. The van der Waals surface area contributed by atoms with Gasteiger partial charge in [0, 0.05) is 0 Å². The van der Waals surface area contributed by atoms with Gasteiger partial charge in [-0.05, 0) is 28.1 Å². The maximum atomic E-state index is 5.44. The third-order valence-corrected chi connectivity index (χ3v) is 2.63. The van der Waals surface area contributed by atoms with Gasteiger partial charge in [-0.15, -0.1) is 0 Å². The van der Waals surface area contributed by atoms with Crippen LogP contribution in [0.2, 0.25) is 0 Å². The summed E-state index contributed by atoms with van der Waals surface area (Å²) < 4.78 is 6.39. The molecule has 2 nitrogen and oxygen atoms in total. The predicted molar refractivity (Wildman–Crippen MR) is 54.3 cm³/mol. The second kappa shape index (κ2) is 3.18. The van der Waals surface area contributed by atoms with Crippen LogP contribution >= 0.6 is 31.9 Å². The third kappa shape index (κ3) is 1.29. The highest BCUT2D eigenvalue weighted by atomic mass is 79.9. The molecular formula is C8H5Br2NO. The normalized spacial score (nSPS) is 10.8. The fourth-order valence-corrected chi connectivity index (χ4v) is 1.70. The number of para-hydroxylation sites is 1. The van der Waals surface area contributed by atoms with Crippen LogP contribution in [0.4, 0.5) is 0 Å². The van der Waals surface area contributed by atoms with Gasteiger partial charge in [0.05, 0.1) is 9.80 Å². The number of hydrogen-bond donors (Lipinski definition) is 0. The van der Waals surface area contributed by atoms with Crippen molar-refractivity contribution in [3.63, 3.8) is 0 Å². The first-order chi connectivity index (χ1) is 5.81. The number of halogens is 2. The summed E-state index contributed by atoms with van der Waals surface area (Å²) in [7, 11) is 0. The number of nitrogens with zero attached hydrogens (tertiary/aromatic N) is 1. The first-order valence-electron chi connectivity index (χ1n) is 3.41. The van der Waals surface area contributed by atoms with Gasteiger partial charge >= 0.3 is 0 Å². The van der Waals surface area contributed by atoms with E-state index in [0.717, 1.165) is 15.6 Å². The number of oxazole rings is 1. The Bertz CT molecular complexity index is 410. The Hall–Kier alpha value is -0.350. The molecule has 0 radical (unpaired) electrons. The molecule has 0 bridgehead atoms. The minimum atomic E-state index is 0.647. The number of fused-ring (bicyclic) bond motifs is 1. The van der Waals surface area contributed by atoms with Crippen molar-refractivity contribution in [1.82, 2.24) is 4.98 Å². The van der Waals surface area contributed by atoms with Crippen LogP contribution in [-0.4, -0.2) is 4.98 Å². The quantitative estimate of drug-likeness (QED) is 0.752. The van der Waals surface area contributed by atoms with Crippen LogP contribution in [0, 0.1) is 0 Å². The summed E-state index contributed by atoms with van der Waals surface area (Å²) >= 11 is 6.68. The van der Waals surface area contributed by atoms with Crippen LogP contribution in [0.15, 0.2) is 27.1 Å². The lowest BCUT2D eigenvalue weighted by molar-refractivity contribution is 0.556. The van der Waals surface area contributed by atoms with E-state index in [2.05, 4.69) is 36.8 Å².